The Morgan fingerprint density at radius 2 is 2.05 bits per heavy atom. The van der Waals surface area contributed by atoms with E-state index in [0.29, 0.717) is 11.1 Å². The molecule has 0 unspecified atom stereocenters. The average molecular weight is 330 g/mol. The highest BCUT2D eigenvalue weighted by atomic mass is 79.9. The van der Waals surface area contributed by atoms with E-state index >= 15 is 0 Å². The lowest BCUT2D eigenvalue weighted by Crippen LogP contribution is -2.24. The zero-order valence-electron chi connectivity index (χ0n) is 10.4. The maximum Gasteiger partial charge on any atom is 0.283 e. The number of nitrogens with zero attached hydrogens (tertiary/aromatic N) is 1. The van der Waals surface area contributed by atoms with Gasteiger partial charge in [-0.1, -0.05) is 12.1 Å². The summed E-state index contributed by atoms with van der Waals surface area (Å²) in [6.45, 7) is 0.350. The molecule has 0 bridgehead atoms. The van der Waals surface area contributed by atoms with Crippen LogP contribution in [0.4, 0.5) is 5.69 Å². The number of halogens is 1. The van der Waals surface area contributed by atoms with Gasteiger partial charge in [0.25, 0.3) is 5.69 Å². The van der Waals surface area contributed by atoms with E-state index < -0.39 is 4.92 Å². The number of ether oxygens (including phenoxy) is 1. The number of rotatable bonds is 4. The first-order valence-electron chi connectivity index (χ1n) is 6.29. The summed E-state index contributed by atoms with van der Waals surface area (Å²) in [7, 11) is 0. The quantitative estimate of drug-likeness (QED) is 0.680. The summed E-state index contributed by atoms with van der Waals surface area (Å²) in [5, 5.41) is 20.2. The van der Waals surface area contributed by atoms with Crippen molar-refractivity contribution in [1.29, 1.82) is 0 Å². The molecule has 1 fully saturated rings. The summed E-state index contributed by atoms with van der Waals surface area (Å²) in [5.74, 6) is 0. The molecule has 0 aromatic heterocycles. The largest absolute Gasteiger partial charge is 0.393 e. The van der Waals surface area contributed by atoms with E-state index in [1.807, 2.05) is 6.07 Å². The van der Waals surface area contributed by atoms with E-state index in [2.05, 4.69) is 15.9 Å². The topological polar surface area (TPSA) is 72.6 Å². The Hall–Kier alpha value is -0.980. The third-order valence-electron chi connectivity index (χ3n) is 3.37. The minimum atomic E-state index is -0.412. The Bertz CT molecular complexity index is 458. The van der Waals surface area contributed by atoms with Gasteiger partial charge in [-0.3, -0.25) is 10.1 Å². The predicted molar refractivity (Wildman–Crippen MR) is 73.8 cm³/mol. The zero-order valence-corrected chi connectivity index (χ0v) is 12.0. The molecule has 2 rings (SSSR count). The van der Waals surface area contributed by atoms with Crippen LogP contribution < -0.4 is 0 Å². The van der Waals surface area contributed by atoms with E-state index in [0.717, 1.165) is 31.2 Å². The fourth-order valence-electron chi connectivity index (χ4n) is 2.24. The smallest absolute Gasteiger partial charge is 0.283 e. The minimum Gasteiger partial charge on any atom is -0.393 e. The Morgan fingerprint density at radius 3 is 2.68 bits per heavy atom. The van der Waals surface area contributed by atoms with Gasteiger partial charge in [0, 0.05) is 6.07 Å². The molecule has 1 saturated carbocycles. The second-order valence-electron chi connectivity index (χ2n) is 4.75. The van der Waals surface area contributed by atoms with Crippen LogP contribution in [0, 0.1) is 10.1 Å². The molecule has 0 amide bonds. The van der Waals surface area contributed by atoms with Crippen molar-refractivity contribution >= 4 is 21.6 Å². The highest BCUT2D eigenvalue weighted by Crippen LogP contribution is 2.30. The Balaban J connectivity index is 1.96. The van der Waals surface area contributed by atoms with Crippen molar-refractivity contribution in [2.75, 3.05) is 0 Å². The summed E-state index contributed by atoms with van der Waals surface area (Å²) >= 11 is 3.25. The predicted octanol–water partition coefficient (Wildman–Crippen LogP) is 3.18. The van der Waals surface area contributed by atoms with Gasteiger partial charge in [-0.15, -0.1) is 0 Å². The van der Waals surface area contributed by atoms with Crippen molar-refractivity contribution in [3.05, 3.63) is 38.3 Å². The molecule has 0 saturated heterocycles. The van der Waals surface area contributed by atoms with Gasteiger partial charge in [0.15, 0.2) is 0 Å². The lowest BCUT2D eigenvalue weighted by Gasteiger charge is -2.25. The molecule has 0 aliphatic heterocycles. The van der Waals surface area contributed by atoms with Crippen LogP contribution in [0.3, 0.4) is 0 Å². The summed E-state index contributed by atoms with van der Waals surface area (Å²) in [6, 6.07) is 4.94. The van der Waals surface area contributed by atoms with Crippen LogP contribution >= 0.6 is 15.9 Å². The second-order valence-corrected chi connectivity index (χ2v) is 5.54. The Morgan fingerprint density at radius 1 is 1.37 bits per heavy atom. The van der Waals surface area contributed by atoms with Gasteiger partial charge in [0.05, 0.1) is 23.7 Å². The number of nitro groups is 1. The molecule has 1 aliphatic carbocycles. The van der Waals surface area contributed by atoms with E-state index in [-0.39, 0.29) is 17.9 Å². The van der Waals surface area contributed by atoms with Gasteiger partial charge in [0.1, 0.15) is 4.47 Å². The van der Waals surface area contributed by atoms with E-state index in [9.17, 15) is 15.2 Å². The summed E-state index contributed by atoms with van der Waals surface area (Å²) in [6.07, 6.45) is 3.14. The van der Waals surface area contributed by atoms with Gasteiger partial charge < -0.3 is 9.84 Å². The van der Waals surface area contributed by atoms with E-state index in [4.69, 9.17) is 4.74 Å². The van der Waals surface area contributed by atoms with Crippen LogP contribution in [-0.4, -0.2) is 22.2 Å². The first-order chi connectivity index (χ1) is 9.08. The lowest BCUT2D eigenvalue weighted by molar-refractivity contribution is -0.385. The maximum absolute atomic E-state index is 10.8. The summed E-state index contributed by atoms with van der Waals surface area (Å²) < 4.78 is 6.25. The molecule has 6 heteroatoms. The van der Waals surface area contributed by atoms with Crippen molar-refractivity contribution in [2.24, 2.45) is 0 Å². The molecule has 0 heterocycles. The van der Waals surface area contributed by atoms with Crippen LogP contribution in [0.25, 0.3) is 0 Å². The lowest BCUT2D eigenvalue weighted by atomic mass is 9.95. The molecule has 0 spiro atoms. The van der Waals surface area contributed by atoms with Gasteiger partial charge in [0.2, 0.25) is 0 Å². The van der Waals surface area contributed by atoms with Crippen LogP contribution in [-0.2, 0) is 11.3 Å². The van der Waals surface area contributed by atoms with Crippen LogP contribution in [0.5, 0.6) is 0 Å². The van der Waals surface area contributed by atoms with Crippen LogP contribution in [0.15, 0.2) is 22.7 Å². The fraction of sp³-hybridized carbons (Fsp3) is 0.538. The third-order valence-corrected chi connectivity index (χ3v) is 4.29. The maximum atomic E-state index is 10.8. The zero-order chi connectivity index (χ0) is 13.8. The van der Waals surface area contributed by atoms with Crippen molar-refractivity contribution in [3.63, 3.8) is 0 Å². The molecule has 1 aromatic rings. The number of hydrogen-bond acceptors (Lipinski definition) is 4. The molecule has 0 radical (unpaired) electrons. The average Bonchev–Trinajstić information content (AvgIpc) is 2.39. The normalized spacial score (nSPS) is 23.3. The molecular weight excluding hydrogens is 314 g/mol. The molecule has 104 valence electrons. The number of nitro benzene ring substituents is 1. The summed E-state index contributed by atoms with van der Waals surface area (Å²) in [5.41, 5.74) is 0.834. The van der Waals surface area contributed by atoms with E-state index in [1.165, 1.54) is 6.07 Å². The van der Waals surface area contributed by atoms with E-state index in [1.54, 1.807) is 6.07 Å². The third kappa shape index (κ3) is 3.75. The number of aliphatic hydroxyl groups excluding tert-OH is 1. The van der Waals surface area contributed by atoms with Gasteiger partial charge in [-0.05, 0) is 47.2 Å². The standard InChI is InChI=1S/C13H16BrNO4/c14-13-9(2-1-3-12(13)15(17)18)8-19-11-6-4-10(16)5-7-11/h1-3,10-11,16H,4-8H2. The first-order valence-corrected chi connectivity index (χ1v) is 7.08. The van der Waals surface area contributed by atoms with Crippen molar-refractivity contribution in [3.8, 4) is 0 Å². The van der Waals surface area contributed by atoms with Crippen molar-refractivity contribution in [1.82, 2.24) is 0 Å². The SMILES string of the molecule is O=[N+]([O-])c1cccc(COC2CCC(O)CC2)c1Br. The molecule has 5 nitrogen and oxygen atoms in total. The number of benzene rings is 1. The highest BCUT2D eigenvalue weighted by molar-refractivity contribution is 9.10. The summed E-state index contributed by atoms with van der Waals surface area (Å²) in [4.78, 5) is 10.4. The molecule has 19 heavy (non-hydrogen) atoms. The Labute approximate surface area is 119 Å². The van der Waals surface area contributed by atoms with Crippen molar-refractivity contribution in [2.45, 2.75) is 44.5 Å². The van der Waals surface area contributed by atoms with Gasteiger partial charge >= 0.3 is 0 Å². The molecule has 1 N–H and O–H groups in total. The molecular formula is C13H16BrNO4. The monoisotopic (exact) mass is 329 g/mol. The van der Waals surface area contributed by atoms with Gasteiger partial charge in [-0.2, -0.15) is 0 Å². The molecule has 1 aliphatic rings. The van der Waals surface area contributed by atoms with Crippen LogP contribution in [0.2, 0.25) is 0 Å². The fourth-order valence-corrected chi connectivity index (χ4v) is 2.76. The van der Waals surface area contributed by atoms with Gasteiger partial charge in [-0.25, -0.2) is 0 Å². The number of hydrogen-bond donors (Lipinski definition) is 1. The number of aliphatic hydroxyl groups is 1. The molecule has 0 atom stereocenters. The van der Waals surface area contributed by atoms with Crippen LogP contribution in [0.1, 0.15) is 31.2 Å². The van der Waals surface area contributed by atoms with Crippen molar-refractivity contribution < 1.29 is 14.8 Å². The highest BCUT2D eigenvalue weighted by Gasteiger charge is 2.21. The minimum absolute atomic E-state index is 0.0557. The second kappa shape index (κ2) is 6.45. The Kier molecular flexibility index (Phi) is 4.90. The first kappa shape index (κ1) is 14.4. The molecule has 1 aromatic carbocycles.